The molecular formula is C13H21NO2S. The zero-order chi connectivity index (χ0) is 12.3. The number of hydrogen-bond acceptors (Lipinski definition) is 4. The minimum atomic E-state index is 0.223. The lowest BCUT2D eigenvalue weighted by molar-refractivity contribution is 0.266. The third-order valence-electron chi connectivity index (χ3n) is 3.56. The molecule has 0 fully saturated rings. The van der Waals surface area contributed by atoms with Crippen LogP contribution in [0.25, 0.3) is 0 Å². The number of nitrogens with one attached hydrogen (secondary N) is 1. The molecule has 1 aliphatic carbocycles. The molecule has 3 atom stereocenters. The van der Waals surface area contributed by atoms with Crippen molar-refractivity contribution in [1.29, 1.82) is 0 Å². The van der Waals surface area contributed by atoms with E-state index in [2.05, 4.69) is 18.3 Å². The summed E-state index contributed by atoms with van der Waals surface area (Å²) in [7, 11) is 0. The number of rotatable bonds is 5. The molecule has 3 unspecified atom stereocenters. The minimum absolute atomic E-state index is 0.223. The smallest absolute Gasteiger partial charge is 0.108 e. The highest BCUT2D eigenvalue weighted by Crippen LogP contribution is 2.31. The van der Waals surface area contributed by atoms with Gasteiger partial charge in [-0.1, -0.05) is 0 Å². The lowest BCUT2D eigenvalue weighted by Gasteiger charge is -2.29. The van der Waals surface area contributed by atoms with E-state index in [9.17, 15) is 5.11 Å². The van der Waals surface area contributed by atoms with Crippen LogP contribution < -0.4 is 5.32 Å². The molecule has 0 bridgehead atoms. The van der Waals surface area contributed by atoms with Crippen LogP contribution in [0.5, 0.6) is 0 Å². The first kappa shape index (κ1) is 13.0. The van der Waals surface area contributed by atoms with E-state index in [1.165, 1.54) is 12.0 Å². The Morgan fingerprint density at radius 2 is 2.47 bits per heavy atom. The monoisotopic (exact) mass is 255 g/mol. The maximum absolute atomic E-state index is 9.30. The van der Waals surface area contributed by atoms with E-state index in [0.29, 0.717) is 12.1 Å². The van der Waals surface area contributed by atoms with Crippen LogP contribution in [-0.2, 0) is 6.42 Å². The van der Waals surface area contributed by atoms with Gasteiger partial charge in [-0.05, 0) is 32.1 Å². The second kappa shape index (κ2) is 5.94. The van der Waals surface area contributed by atoms with Crippen molar-refractivity contribution in [2.75, 3.05) is 12.9 Å². The first-order valence-electron chi connectivity index (χ1n) is 6.22. The Hall–Kier alpha value is -0.450. The Labute approximate surface area is 107 Å². The van der Waals surface area contributed by atoms with E-state index in [1.54, 1.807) is 18.0 Å². The summed E-state index contributed by atoms with van der Waals surface area (Å²) in [5.41, 5.74) is 1.31. The molecule has 0 saturated carbocycles. The SMILES string of the molecule is CSC(CO)C(C)NC1CCCc2occc21. The Balaban J connectivity index is 2.01. The zero-order valence-electron chi connectivity index (χ0n) is 10.5. The van der Waals surface area contributed by atoms with Crippen LogP contribution in [0.3, 0.4) is 0 Å². The summed E-state index contributed by atoms with van der Waals surface area (Å²) >= 11 is 1.71. The zero-order valence-corrected chi connectivity index (χ0v) is 11.3. The van der Waals surface area contributed by atoms with Crippen molar-refractivity contribution in [3.8, 4) is 0 Å². The first-order chi connectivity index (χ1) is 8.26. The maximum Gasteiger partial charge on any atom is 0.108 e. The summed E-state index contributed by atoms with van der Waals surface area (Å²) in [6.07, 6.45) is 7.22. The van der Waals surface area contributed by atoms with Gasteiger partial charge >= 0.3 is 0 Å². The summed E-state index contributed by atoms with van der Waals surface area (Å²) < 4.78 is 5.49. The molecule has 3 nitrogen and oxygen atoms in total. The number of aryl methyl sites for hydroxylation is 1. The van der Waals surface area contributed by atoms with E-state index < -0.39 is 0 Å². The van der Waals surface area contributed by atoms with Crippen LogP contribution in [0.15, 0.2) is 16.7 Å². The molecule has 0 radical (unpaired) electrons. The molecule has 0 saturated heterocycles. The van der Waals surface area contributed by atoms with Crippen LogP contribution in [-0.4, -0.2) is 29.3 Å². The number of thioether (sulfide) groups is 1. The van der Waals surface area contributed by atoms with Gasteiger partial charge in [-0.15, -0.1) is 0 Å². The van der Waals surface area contributed by atoms with Crippen LogP contribution >= 0.6 is 11.8 Å². The second-order valence-corrected chi connectivity index (χ2v) is 5.73. The van der Waals surface area contributed by atoms with Gasteiger partial charge in [-0.3, -0.25) is 0 Å². The van der Waals surface area contributed by atoms with E-state index >= 15 is 0 Å². The van der Waals surface area contributed by atoms with E-state index in [-0.39, 0.29) is 11.9 Å². The molecule has 2 N–H and O–H groups in total. The molecule has 2 rings (SSSR count). The predicted molar refractivity (Wildman–Crippen MR) is 71.4 cm³/mol. The normalized spacial score (nSPS) is 23.1. The van der Waals surface area contributed by atoms with Crippen LogP contribution in [0, 0.1) is 0 Å². The van der Waals surface area contributed by atoms with Gasteiger partial charge in [0.05, 0.1) is 12.9 Å². The standard InChI is InChI=1S/C13H21NO2S/c1-9(13(8-15)17-2)14-11-4-3-5-12-10(11)6-7-16-12/h6-7,9,11,13-15H,3-5,8H2,1-2H3. The second-order valence-electron chi connectivity index (χ2n) is 4.66. The number of fused-ring (bicyclic) bond motifs is 1. The number of hydrogen-bond donors (Lipinski definition) is 2. The van der Waals surface area contributed by atoms with Gasteiger partial charge < -0.3 is 14.8 Å². The minimum Gasteiger partial charge on any atom is -0.469 e. The number of aliphatic hydroxyl groups is 1. The molecule has 1 aliphatic rings. The third kappa shape index (κ3) is 2.87. The molecule has 0 aromatic carbocycles. The summed E-state index contributed by atoms with van der Waals surface area (Å²) in [6, 6.07) is 2.76. The third-order valence-corrected chi connectivity index (χ3v) is 4.72. The lowest BCUT2D eigenvalue weighted by Crippen LogP contribution is -2.40. The highest BCUT2D eigenvalue weighted by Gasteiger charge is 2.25. The molecule has 1 aromatic heterocycles. The molecular weight excluding hydrogens is 234 g/mol. The molecule has 96 valence electrons. The Bertz CT molecular complexity index is 349. The van der Waals surface area contributed by atoms with E-state index in [0.717, 1.165) is 18.6 Å². The molecule has 4 heteroatoms. The van der Waals surface area contributed by atoms with Gasteiger partial charge in [0.15, 0.2) is 0 Å². The highest BCUT2D eigenvalue weighted by atomic mass is 32.2. The summed E-state index contributed by atoms with van der Waals surface area (Å²) in [6.45, 7) is 2.37. The van der Waals surface area contributed by atoms with Crippen LogP contribution in [0.1, 0.15) is 37.1 Å². The molecule has 17 heavy (non-hydrogen) atoms. The largest absolute Gasteiger partial charge is 0.469 e. The fourth-order valence-electron chi connectivity index (χ4n) is 2.52. The summed E-state index contributed by atoms with van der Waals surface area (Å²) in [5, 5.41) is 13.2. The van der Waals surface area contributed by atoms with E-state index in [4.69, 9.17) is 4.42 Å². The Morgan fingerprint density at radius 3 is 3.18 bits per heavy atom. The molecule has 1 heterocycles. The molecule has 0 amide bonds. The van der Waals surface area contributed by atoms with Crippen molar-refractivity contribution in [2.24, 2.45) is 0 Å². The molecule has 0 aliphatic heterocycles. The highest BCUT2D eigenvalue weighted by molar-refractivity contribution is 7.99. The van der Waals surface area contributed by atoms with Gasteiger partial charge in [0.25, 0.3) is 0 Å². The summed E-state index contributed by atoms with van der Waals surface area (Å²) in [4.78, 5) is 0. The van der Waals surface area contributed by atoms with Crippen molar-refractivity contribution >= 4 is 11.8 Å². The number of furan rings is 1. The van der Waals surface area contributed by atoms with Gasteiger partial charge in [0.2, 0.25) is 0 Å². The van der Waals surface area contributed by atoms with E-state index in [1.807, 2.05) is 6.26 Å². The number of aliphatic hydroxyl groups excluding tert-OH is 1. The first-order valence-corrected chi connectivity index (χ1v) is 7.51. The fourth-order valence-corrected chi connectivity index (χ4v) is 3.16. The van der Waals surface area contributed by atoms with Crippen molar-refractivity contribution < 1.29 is 9.52 Å². The fraction of sp³-hybridized carbons (Fsp3) is 0.692. The quantitative estimate of drug-likeness (QED) is 0.848. The van der Waals surface area contributed by atoms with Crippen molar-refractivity contribution in [3.63, 3.8) is 0 Å². The van der Waals surface area contributed by atoms with Crippen molar-refractivity contribution in [3.05, 3.63) is 23.7 Å². The molecule has 0 spiro atoms. The maximum atomic E-state index is 9.30. The van der Waals surface area contributed by atoms with Crippen LogP contribution in [0.4, 0.5) is 0 Å². The lowest BCUT2D eigenvalue weighted by atomic mass is 9.93. The Kier molecular flexibility index (Phi) is 4.54. The van der Waals surface area contributed by atoms with Gasteiger partial charge in [0.1, 0.15) is 5.76 Å². The van der Waals surface area contributed by atoms with Gasteiger partial charge in [-0.25, -0.2) is 0 Å². The molecule has 1 aromatic rings. The van der Waals surface area contributed by atoms with Crippen molar-refractivity contribution in [1.82, 2.24) is 5.32 Å². The Morgan fingerprint density at radius 1 is 1.65 bits per heavy atom. The van der Waals surface area contributed by atoms with Gasteiger partial charge in [0, 0.05) is 29.3 Å². The predicted octanol–water partition coefficient (Wildman–Crippen LogP) is 2.36. The average molecular weight is 255 g/mol. The topological polar surface area (TPSA) is 45.4 Å². The van der Waals surface area contributed by atoms with Crippen LogP contribution in [0.2, 0.25) is 0 Å². The van der Waals surface area contributed by atoms with Gasteiger partial charge in [-0.2, -0.15) is 11.8 Å². The van der Waals surface area contributed by atoms with Crippen molar-refractivity contribution in [2.45, 2.75) is 43.5 Å². The summed E-state index contributed by atoms with van der Waals surface area (Å²) in [5.74, 6) is 1.13. The average Bonchev–Trinajstić information content (AvgIpc) is 2.80.